The summed E-state index contributed by atoms with van der Waals surface area (Å²) in [6.45, 7) is 2.32. The summed E-state index contributed by atoms with van der Waals surface area (Å²) in [6.07, 6.45) is 1.67. The lowest BCUT2D eigenvalue weighted by Crippen LogP contribution is -2.20. The van der Waals surface area contributed by atoms with Crippen LogP contribution in [-0.4, -0.2) is 19.9 Å². The zero-order valence-corrected chi connectivity index (χ0v) is 10.4. The monoisotopic (exact) mass is 261 g/mol. The van der Waals surface area contributed by atoms with E-state index in [1.807, 2.05) is 30.3 Å². The number of fused-ring (bicyclic) bond motifs is 1. The maximum absolute atomic E-state index is 5.62. The predicted octanol–water partition coefficient (Wildman–Crippen LogP) is 2.18. The first-order chi connectivity index (χ1) is 9.42. The van der Waals surface area contributed by atoms with E-state index in [1.54, 1.807) is 6.26 Å². The Balaban J connectivity index is 1.40. The van der Waals surface area contributed by atoms with Crippen molar-refractivity contribution >= 4 is 0 Å². The summed E-state index contributed by atoms with van der Waals surface area (Å²) in [6, 6.07) is 9.38. The minimum atomic E-state index is 0.281. The molecule has 1 aromatic heterocycles. The Morgan fingerprint density at radius 3 is 3.00 bits per heavy atom. The summed E-state index contributed by atoms with van der Waals surface area (Å²) in [5.41, 5.74) is 0. The lowest BCUT2D eigenvalue weighted by atomic mass is 10.3. The summed E-state index contributed by atoms with van der Waals surface area (Å²) < 4.78 is 21.4. The third-order valence-corrected chi connectivity index (χ3v) is 2.77. The first-order valence-corrected chi connectivity index (χ1v) is 6.17. The molecule has 1 aromatic carbocycles. The molecule has 19 heavy (non-hydrogen) atoms. The van der Waals surface area contributed by atoms with E-state index in [0.29, 0.717) is 13.2 Å². The van der Waals surface area contributed by atoms with Crippen LogP contribution in [0.25, 0.3) is 0 Å². The molecule has 0 unspecified atom stereocenters. The van der Waals surface area contributed by atoms with Crippen molar-refractivity contribution in [3.63, 3.8) is 0 Å². The first kappa shape index (κ1) is 11.9. The molecule has 3 rings (SSSR count). The highest BCUT2D eigenvalue weighted by Gasteiger charge is 2.13. The van der Waals surface area contributed by atoms with Gasteiger partial charge in [-0.1, -0.05) is 0 Å². The summed E-state index contributed by atoms with van der Waals surface area (Å²) in [4.78, 5) is 0. The Morgan fingerprint density at radius 2 is 2.11 bits per heavy atom. The molecule has 0 atom stereocenters. The molecule has 0 fully saturated rings. The predicted molar refractivity (Wildman–Crippen MR) is 68.5 cm³/mol. The molecule has 2 heterocycles. The fraction of sp³-hybridized carbons (Fsp3) is 0.286. The van der Waals surface area contributed by atoms with Gasteiger partial charge in [-0.05, 0) is 24.3 Å². The van der Waals surface area contributed by atoms with Gasteiger partial charge in [0.25, 0.3) is 0 Å². The summed E-state index contributed by atoms with van der Waals surface area (Å²) in [7, 11) is 0. The number of ether oxygens (including phenoxy) is 3. The molecule has 1 N–H and O–H groups in total. The molecule has 5 heteroatoms. The number of furan rings is 1. The van der Waals surface area contributed by atoms with Crippen molar-refractivity contribution in [3.05, 3.63) is 42.4 Å². The van der Waals surface area contributed by atoms with Crippen molar-refractivity contribution in [1.82, 2.24) is 5.32 Å². The molecule has 0 aliphatic carbocycles. The smallest absolute Gasteiger partial charge is 0.231 e. The van der Waals surface area contributed by atoms with Crippen molar-refractivity contribution in [2.75, 3.05) is 19.9 Å². The summed E-state index contributed by atoms with van der Waals surface area (Å²) >= 11 is 0. The zero-order chi connectivity index (χ0) is 12.9. The Kier molecular flexibility index (Phi) is 3.56. The summed E-state index contributed by atoms with van der Waals surface area (Å²) in [5, 5.41) is 3.24. The molecule has 5 nitrogen and oxygen atoms in total. The van der Waals surface area contributed by atoms with Gasteiger partial charge in [-0.25, -0.2) is 0 Å². The fourth-order valence-electron chi connectivity index (χ4n) is 1.83. The third-order valence-electron chi connectivity index (χ3n) is 2.77. The topological polar surface area (TPSA) is 52.9 Å². The fourth-order valence-corrected chi connectivity index (χ4v) is 1.83. The average Bonchev–Trinajstić information content (AvgIpc) is 3.08. The lowest BCUT2D eigenvalue weighted by molar-refractivity contribution is 0.173. The molecule has 0 spiro atoms. The molecule has 100 valence electrons. The standard InChI is InChI=1S/C14H15NO4/c1-2-12(16-6-1)9-15-5-7-17-11-3-4-13-14(8-11)19-10-18-13/h1-4,6,8,15H,5,7,9-10H2. The van der Waals surface area contributed by atoms with Gasteiger partial charge in [0, 0.05) is 12.6 Å². The normalized spacial score (nSPS) is 12.6. The van der Waals surface area contributed by atoms with E-state index in [2.05, 4.69) is 5.32 Å². The SMILES string of the molecule is c1coc(CNCCOc2ccc3c(c2)OCO3)c1. The van der Waals surface area contributed by atoms with Crippen LogP contribution in [0.1, 0.15) is 5.76 Å². The van der Waals surface area contributed by atoms with Crippen molar-refractivity contribution in [2.24, 2.45) is 0 Å². The minimum absolute atomic E-state index is 0.281. The molecular weight excluding hydrogens is 246 g/mol. The maximum atomic E-state index is 5.62. The van der Waals surface area contributed by atoms with E-state index in [9.17, 15) is 0 Å². The van der Waals surface area contributed by atoms with E-state index in [1.165, 1.54) is 0 Å². The van der Waals surface area contributed by atoms with Crippen LogP contribution in [0, 0.1) is 0 Å². The van der Waals surface area contributed by atoms with Crippen LogP contribution in [0.3, 0.4) is 0 Å². The van der Waals surface area contributed by atoms with Gasteiger partial charge < -0.3 is 23.9 Å². The van der Waals surface area contributed by atoms with E-state index in [0.717, 1.165) is 29.6 Å². The molecule has 1 aliphatic heterocycles. The zero-order valence-electron chi connectivity index (χ0n) is 10.4. The Bertz CT molecular complexity index is 524. The van der Waals surface area contributed by atoms with Gasteiger partial charge in [0.2, 0.25) is 6.79 Å². The Hall–Kier alpha value is -2.14. The van der Waals surface area contributed by atoms with Gasteiger partial charge in [-0.2, -0.15) is 0 Å². The lowest BCUT2D eigenvalue weighted by Gasteiger charge is -2.07. The average molecular weight is 261 g/mol. The van der Waals surface area contributed by atoms with Crippen LogP contribution < -0.4 is 19.5 Å². The molecule has 1 aliphatic rings. The second-order valence-corrected chi connectivity index (χ2v) is 4.12. The number of benzene rings is 1. The molecule has 0 amide bonds. The van der Waals surface area contributed by atoms with Crippen molar-refractivity contribution in [2.45, 2.75) is 6.54 Å². The second-order valence-electron chi connectivity index (χ2n) is 4.12. The van der Waals surface area contributed by atoms with Crippen LogP contribution in [0.2, 0.25) is 0 Å². The number of rotatable bonds is 6. The second kappa shape index (κ2) is 5.67. The Morgan fingerprint density at radius 1 is 1.16 bits per heavy atom. The molecule has 2 aromatic rings. The largest absolute Gasteiger partial charge is 0.492 e. The number of hydrogen-bond donors (Lipinski definition) is 1. The van der Waals surface area contributed by atoms with Crippen LogP contribution in [-0.2, 0) is 6.54 Å². The van der Waals surface area contributed by atoms with Crippen molar-refractivity contribution < 1.29 is 18.6 Å². The number of nitrogens with one attached hydrogen (secondary N) is 1. The molecule has 0 bridgehead atoms. The van der Waals surface area contributed by atoms with E-state index in [-0.39, 0.29) is 6.79 Å². The van der Waals surface area contributed by atoms with Crippen LogP contribution >= 0.6 is 0 Å². The van der Waals surface area contributed by atoms with Crippen molar-refractivity contribution in [1.29, 1.82) is 0 Å². The number of hydrogen-bond acceptors (Lipinski definition) is 5. The van der Waals surface area contributed by atoms with Crippen LogP contribution in [0.5, 0.6) is 17.2 Å². The van der Waals surface area contributed by atoms with E-state index >= 15 is 0 Å². The molecule has 0 radical (unpaired) electrons. The molecular formula is C14H15NO4. The van der Waals surface area contributed by atoms with E-state index in [4.69, 9.17) is 18.6 Å². The van der Waals surface area contributed by atoms with Gasteiger partial charge in [0.1, 0.15) is 18.1 Å². The Labute approximate surface area is 111 Å². The van der Waals surface area contributed by atoms with E-state index < -0.39 is 0 Å². The first-order valence-electron chi connectivity index (χ1n) is 6.17. The van der Waals surface area contributed by atoms with Gasteiger partial charge in [0.15, 0.2) is 11.5 Å². The highest BCUT2D eigenvalue weighted by atomic mass is 16.7. The van der Waals surface area contributed by atoms with Crippen LogP contribution in [0.15, 0.2) is 41.0 Å². The van der Waals surface area contributed by atoms with Gasteiger partial charge >= 0.3 is 0 Å². The highest BCUT2D eigenvalue weighted by molar-refractivity contribution is 5.46. The van der Waals surface area contributed by atoms with Gasteiger partial charge in [-0.15, -0.1) is 0 Å². The molecule has 0 saturated carbocycles. The third kappa shape index (κ3) is 3.00. The van der Waals surface area contributed by atoms with Gasteiger partial charge in [0.05, 0.1) is 12.8 Å². The summed E-state index contributed by atoms with van der Waals surface area (Å²) in [5.74, 6) is 3.21. The molecule has 0 saturated heterocycles. The highest BCUT2D eigenvalue weighted by Crippen LogP contribution is 2.34. The van der Waals surface area contributed by atoms with Gasteiger partial charge in [-0.3, -0.25) is 0 Å². The maximum Gasteiger partial charge on any atom is 0.231 e. The minimum Gasteiger partial charge on any atom is -0.492 e. The van der Waals surface area contributed by atoms with Crippen molar-refractivity contribution in [3.8, 4) is 17.2 Å². The van der Waals surface area contributed by atoms with Crippen LogP contribution in [0.4, 0.5) is 0 Å². The quantitative estimate of drug-likeness (QED) is 0.808.